The smallest absolute Gasteiger partial charge is 0.252 e. The van der Waals surface area contributed by atoms with Crippen LogP contribution in [-0.4, -0.2) is 37.2 Å². The van der Waals surface area contributed by atoms with Gasteiger partial charge in [0.05, 0.1) is 6.54 Å². The van der Waals surface area contributed by atoms with E-state index >= 15 is 0 Å². The van der Waals surface area contributed by atoms with Crippen molar-refractivity contribution in [1.29, 1.82) is 0 Å². The number of rotatable bonds is 5. The van der Waals surface area contributed by atoms with Crippen LogP contribution in [0.25, 0.3) is 0 Å². The molecule has 2 aromatic rings. The summed E-state index contributed by atoms with van der Waals surface area (Å²) >= 11 is 1.12. The van der Waals surface area contributed by atoms with Gasteiger partial charge in [-0.15, -0.1) is 11.3 Å². The normalized spacial score (nSPS) is 11.6. The summed E-state index contributed by atoms with van der Waals surface area (Å²) in [6.07, 6.45) is 1.63. The second kappa shape index (κ2) is 6.33. The first-order valence-electron chi connectivity index (χ1n) is 6.12. The van der Waals surface area contributed by atoms with Gasteiger partial charge in [-0.25, -0.2) is 13.4 Å². The van der Waals surface area contributed by atoms with Crippen LogP contribution in [-0.2, 0) is 14.8 Å². The summed E-state index contributed by atoms with van der Waals surface area (Å²) < 4.78 is 25.6. The lowest BCUT2D eigenvalue weighted by atomic mass is 10.3. The van der Waals surface area contributed by atoms with Crippen molar-refractivity contribution in [2.24, 2.45) is 0 Å². The standard InChI is InChI=1S/C13H15N3O3S2/c1-10-5-6-11(14-8-10)15-12(17)9-16(2)21(18,19)13-4-3-7-20-13/h3-8H,9H2,1-2H3,(H,14,15,17). The van der Waals surface area contributed by atoms with Crippen molar-refractivity contribution in [2.45, 2.75) is 11.1 Å². The zero-order valence-electron chi connectivity index (χ0n) is 11.6. The first kappa shape index (κ1) is 15.6. The number of aryl methyl sites for hydroxylation is 1. The minimum Gasteiger partial charge on any atom is -0.310 e. The fourth-order valence-electron chi connectivity index (χ4n) is 1.58. The van der Waals surface area contributed by atoms with E-state index in [9.17, 15) is 13.2 Å². The number of amides is 1. The predicted octanol–water partition coefficient (Wildman–Crippen LogP) is 1.71. The van der Waals surface area contributed by atoms with Crippen LogP contribution >= 0.6 is 11.3 Å². The van der Waals surface area contributed by atoms with Gasteiger partial charge < -0.3 is 5.32 Å². The van der Waals surface area contributed by atoms with Crippen molar-refractivity contribution in [3.8, 4) is 0 Å². The number of sulfonamides is 1. The highest BCUT2D eigenvalue weighted by Crippen LogP contribution is 2.19. The van der Waals surface area contributed by atoms with Gasteiger partial charge in [0.15, 0.2) is 0 Å². The van der Waals surface area contributed by atoms with Crippen LogP contribution in [0.5, 0.6) is 0 Å². The Balaban J connectivity index is 2.01. The Hall–Kier alpha value is -1.77. The average Bonchev–Trinajstić information content (AvgIpc) is 2.96. The molecular weight excluding hydrogens is 310 g/mol. The molecule has 0 fully saturated rings. The molecule has 0 aliphatic rings. The van der Waals surface area contributed by atoms with Crippen LogP contribution in [0, 0.1) is 6.92 Å². The fourth-order valence-corrected chi connectivity index (χ4v) is 3.90. The monoisotopic (exact) mass is 325 g/mol. The molecule has 0 aromatic carbocycles. The molecule has 0 bridgehead atoms. The first-order chi connectivity index (χ1) is 9.89. The van der Waals surface area contributed by atoms with Crippen LogP contribution in [0.4, 0.5) is 5.82 Å². The fraction of sp³-hybridized carbons (Fsp3) is 0.231. The molecule has 1 N–H and O–H groups in total. The number of likely N-dealkylation sites (N-methyl/N-ethyl adjacent to an activating group) is 1. The van der Waals surface area contributed by atoms with E-state index in [1.165, 1.54) is 13.1 Å². The highest BCUT2D eigenvalue weighted by Gasteiger charge is 2.23. The molecule has 2 heterocycles. The Kier molecular flexibility index (Phi) is 4.71. The number of anilines is 1. The molecule has 112 valence electrons. The number of thiophene rings is 1. The molecule has 21 heavy (non-hydrogen) atoms. The van der Waals surface area contributed by atoms with E-state index in [1.54, 1.807) is 23.7 Å². The van der Waals surface area contributed by atoms with Gasteiger partial charge in [-0.05, 0) is 30.0 Å². The summed E-state index contributed by atoms with van der Waals surface area (Å²) in [7, 11) is -2.25. The molecule has 0 aliphatic carbocycles. The molecule has 0 unspecified atom stereocenters. The van der Waals surface area contributed by atoms with Crippen LogP contribution in [0.3, 0.4) is 0 Å². The quantitative estimate of drug-likeness (QED) is 0.907. The van der Waals surface area contributed by atoms with Gasteiger partial charge in [0.2, 0.25) is 5.91 Å². The van der Waals surface area contributed by atoms with Crippen molar-refractivity contribution in [2.75, 3.05) is 18.9 Å². The molecular formula is C13H15N3O3S2. The van der Waals surface area contributed by atoms with Crippen molar-refractivity contribution < 1.29 is 13.2 Å². The number of nitrogens with one attached hydrogen (secondary N) is 1. The maximum Gasteiger partial charge on any atom is 0.252 e. The molecule has 2 aromatic heterocycles. The van der Waals surface area contributed by atoms with E-state index in [0.29, 0.717) is 5.82 Å². The summed E-state index contributed by atoms with van der Waals surface area (Å²) in [4.78, 5) is 15.9. The van der Waals surface area contributed by atoms with Gasteiger partial charge in [0.25, 0.3) is 10.0 Å². The lowest BCUT2D eigenvalue weighted by Crippen LogP contribution is -2.34. The number of pyridine rings is 1. The van der Waals surface area contributed by atoms with E-state index in [0.717, 1.165) is 21.2 Å². The largest absolute Gasteiger partial charge is 0.310 e. The lowest BCUT2D eigenvalue weighted by Gasteiger charge is -2.15. The number of hydrogen-bond acceptors (Lipinski definition) is 5. The van der Waals surface area contributed by atoms with E-state index in [1.807, 2.05) is 13.0 Å². The van der Waals surface area contributed by atoms with Crippen LogP contribution < -0.4 is 5.32 Å². The lowest BCUT2D eigenvalue weighted by molar-refractivity contribution is -0.116. The molecule has 0 radical (unpaired) electrons. The van der Waals surface area contributed by atoms with Crippen molar-refractivity contribution in [1.82, 2.24) is 9.29 Å². The summed E-state index contributed by atoms with van der Waals surface area (Å²) in [5.74, 6) is -0.0403. The van der Waals surface area contributed by atoms with E-state index in [-0.39, 0.29) is 10.8 Å². The number of nitrogens with zero attached hydrogens (tertiary/aromatic N) is 2. The summed E-state index contributed by atoms with van der Waals surface area (Å²) in [5.41, 5.74) is 0.977. The highest BCUT2D eigenvalue weighted by atomic mass is 32.2. The van der Waals surface area contributed by atoms with Crippen molar-refractivity contribution >= 4 is 33.1 Å². The average molecular weight is 325 g/mol. The highest BCUT2D eigenvalue weighted by molar-refractivity contribution is 7.91. The SMILES string of the molecule is Cc1ccc(NC(=O)CN(C)S(=O)(=O)c2cccs2)nc1. The zero-order valence-corrected chi connectivity index (χ0v) is 13.2. The third-order valence-electron chi connectivity index (χ3n) is 2.70. The summed E-state index contributed by atoms with van der Waals surface area (Å²) in [6, 6.07) is 6.65. The topological polar surface area (TPSA) is 79.4 Å². The Bertz CT molecular complexity index is 710. The van der Waals surface area contributed by atoms with Gasteiger partial charge in [-0.2, -0.15) is 4.31 Å². The van der Waals surface area contributed by atoms with Crippen molar-refractivity contribution in [3.05, 3.63) is 41.4 Å². The molecule has 0 aliphatic heterocycles. The van der Waals surface area contributed by atoms with Crippen LogP contribution in [0.2, 0.25) is 0 Å². The third-order valence-corrected chi connectivity index (χ3v) is 5.88. The van der Waals surface area contributed by atoms with Gasteiger partial charge >= 0.3 is 0 Å². The summed E-state index contributed by atoms with van der Waals surface area (Å²) in [5, 5.41) is 4.24. The van der Waals surface area contributed by atoms with Crippen LogP contribution in [0.15, 0.2) is 40.1 Å². The summed E-state index contributed by atoms with van der Waals surface area (Å²) in [6.45, 7) is 1.62. The van der Waals surface area contributed by atoms with E-state index in [2.05, 4.69) is 10.3 Å². The van der Waals surface area contributed by atoms with Crippen molar-refractivity contribution in [3.63, 3.8) is 0 Å². The number of carbonyl (C=O) groups excluding carboxylic acids is 1. The van der Waals surface area contributed by atoms with Crippen LogP contribution in [0.1, 0.15) is 5.56 Å². The first-order valence-corrected chi connectivity index (χ1v) is 8.44. The zero-order chi connectivity index (χ0) is 15.5. The molecule has 8 heteroatoms. The third kappa shape index (κ3) is 3.87. The molecule has 0 spiro atoms. The maximum atomic E-state index is 12.2. The van der Waals surface area contributed by atoms with Gasteiger partial charge in [0.1, 0.15) is 10.0 Å². The molecule has 0 saturated heterocycles. The Morgan fingerprint density at radius 2 is 2.14 bits per heavy atom. The number of aromatic nitrogens is 1. The second-order valence-electron chi connectivity index (χ2n) is 4.46. The molecule has 0 saturated carbocycles. The van der Waals surface area contributed by atoms with E-state index < -0.39 is 15.9 Å². The molecule has 2 rings (SSSR count). The molecule has 6 nitrogen and oxygen atoms in total. The predicted molar refractivity (Wildman–Crippen MR) is 81.7 cm³/mol. The number of carbonyl (C=O) groups is 1. The van der Waals surface area contributed by atoms with E-state index in [4.69, 9.17) is 0 Å². The number of hydrogen-bond donors (Lipinski definition) is 1. The Morgan fingerprint density at radius 3 is 2.71 bits per heavy atom. The molecule has 1 amide bonds. The van der Waals surface area contributed by atoms with Gasteiger partial charge in [0, 0.05) is 13.2 Å². The minimum atomic E-state index is -3.62. The van der Waals surface area contributed by atoms with Gasteiger partial charge in [-0.3, -0.25) is 4.79 Å². The second-order valence-corrected chi connectivity index (χ2v) is 7.68. The molecule has 0 atom stereocenters. The minimum absolute atomic E-state index is 0.214. The Labute approximate surface area is 127 Å². The van der Waals surface area contributed by atoms with Gasteiger partial charge in [-0.1, -0.05) is 12.1 Å². The Morgan fingerprint density at radius 1 is 1.38 bits per heavy atom. The maximum absolute atomic E-state index is 12.2.